The first-order valence-corrected chi connectivity index (χ1v) is 5.51. The lowest BCUT2D eigenvalue weighted by atomic mass is 9.94. The summed E-state index contributed by atoms with van der Waals surface area (Å²) in [4.78, 5) is 20.5. The van der Waals surface area contributed by atoms with E-state index in [1.807, 2.05) is 0 Å². The fourth-order valence-electron chi connectivity index (χ4n) is 2.07. The predicted octanol–water partition coefficient (Wildman–Crippen LogP) is 1.56. The molecule has 0 atom stereocenters. The van der Waals surface area contributed by atoms with Gasteiger partial charge in [0, 0.05) is 31.4 Å². The van der Waals surface area contributed by atoms with Gasteiger partial charge in [-0.15, -0.1) is 0 Å². The van der Waals surface area contributed by atoms with Crippen LogP contribution in [0, 0.1) is 5.95 Å². The van der Waals surface area contributed by atoms with E-state index in [4.69, 9.17) is 0 Å². The third-order valence-corrected chi connectivity index (χ3v) is 2.99. The Balaban J connectivity index is 2.00. The molecule has 0 bridgehead atoms. The van der Waals surface area contributed by atoms with Gasteiger partial charge in [-0.3, -0.25) is 4.98 Å². The molecule has 1 aliphatic heterocycles. The monoisotopic (exact) mass is 239 g/mol. The summed E-state index contributed by atoms with van der Waals surface area (Å²) in [5, 5.41) is 0. The Morgan fingerprint density at radius 3 is 2.65 bits per heavy atom. The van der Waals surface area contributed by atoms with Gasteiger partial charge in [0.2, 0.25) is 5.95 Å². The molecule has 0 radical (unpaired) electrons. The molecule has 1 aliphatic rings. The summed E-state index contributed by atoms with van der Waals surface area (Å²) in [6, 6.07) is 0. The topological polar surface area (TPSA) is 55.3 Å². The highest BCUT2D eigenvalue weighted by molar-refractivity contribution is 5.67. The smallest absolute Gasteiger partial charge is 0.409 e. The Morgan fingerprint density at radius 1 is 1.41 bits per heavy atom. The lowest BCUT2D eigenvalue weighted by Gasteiger charge is -2.30. The van der Waals surface area contributed by atoms with Crippen molar-refractivity contribution in [3.8, 4) is 0 Å². The van der Waals surface area contributed by atoms with Crippen LogP contribution in [0.25, 0.3) is 0 Å². The maximum Gasteiger partial charge on any atom is 0.409 e. The van der Waals surface area contributed by atoms with E-state index in [0.717, 1.165) is 0 Å². The highest BCUT2D eigenvalue weighted by Gasteiger charge is 2.26. The molecule has 1 aromatic heterocycles. The van der Waals surface area contributed by atoms with Crippen molar-refractivity contribution in [1.29, 1.82) is 0 Å². The highest BCUT2D eigenvalue weighted by atomic mass is 19.1. The zero-order valence-corrected chi connectivity index (χ0v) is 9.60. The first-order chi connectivity index (χ1) is 8.22. The minimum absolute atomic E-state index is 0.0320. The second kappa shape index (κ2) is 5.07. The second-order valence-corrected chi connectivity index (χ2v) is 3.96. The van der Waals surface area contributed by atoms with Crippen LogP contribution in [0.15, 0.2) is 12.4 Å². The van der Waals surface area contributed by atoms with Gasteiger partial charge in [-0.2, -0.15) is 4.39 Å². The number of carbonyl (C=O) groups excluding carboxylic acids is 1. The van der Waals surface area contributed by atoms with Crippen molar-refractivity contribution >= 4 is 6.09 Å². The molecule has 0 unspecified atom stereocenters. The summed E-state index contributed by atoms with van der Waals surface area (Å²) in [5.74, 6) is -0.478. The molecule has 0 aliphatic carbocycles. The average molecular weight is 239 g/mol. The zero-order valence-electron chi connectivity index (χ0n) is 9.60. The molecule has 1 saturated heterocycles. The number of halogens is 1. The average Bonchev–Trinajstić information content (AvgIpc) is 2.39. The minimum Gasteiger partial charge on any atom is -0.453 e. The first-order valence-electron chi connectivity index (χ1n) is 5.51. The predicted molar refractivity (Wildman–Crippen MR) is 57.9 cm³/mol. The molecule has 1 aromatic rings. The molecule has 92 valence electrons. The normalized spacial score (nSPS) is 16.9. The Kier molecular flexibility index (Phi) is 3.51. The number of aromatic nitrogens is 2. The van der Waals surface area contributed by atoms with Crippen molar-refractivity contribution < 1.29 is 13.9 Å². The summed E-state index contributed by atoms with van der Waals surface area (Å²) in [6.07, 6.45) is 3.87. The lowest BCUT2D eigenvalue weighted by molar-refractivity contribution is 0.111. The fourth-order valence-corrected chi connectivity index (χ4v) is 2.07. The molecular formula is C11H14FN3O2. The van der Waals surface area contributed by atoms with Crippen molar-refractivity contribution in [3.63, 3.8) is 0 Å². The summed E-state index contributed by atoms with van der Waals surface area (Å²) < 4.78 is 18.1. The number of rotatable bonds is 1. The van der Waals surface area contributed by atoms with Crippen LogP contribution in [0.4, 0.5) is 9.18 Å². The first kappa shape index (κ1) is 11.8. The van der Waals surface area contributed by atoms with Crippen molar-refractivity contribution in [2.75, 3.05) is 20.2 Å². The van der Waals surface area contributed by atoms with E-state index in [2.05, 4.69) is 14.7 Å². The van der Waals surface area contributed by atoms with Gasteiger partial charge in [0.05, 0.1) is 12.8 Å². The second-order valence-electron chi connectivity index (χ2n) is 3.96. The maximum atomic E-state index is 13.4. The van der Waals surface area contributed by atoms with Gasteiger partial charge in [0.15, 0.2) is 0 Å². The Morgan fingerprint density at radius 2 is 2.06 bits per heavy atom. The molecule has 2 rings (SSSR count). The molecule has 0 spiro atoms. The molecular weight excluding hydrogens is 225 g/mol. The minimum atomic E-state index is -0.510. The molecule has 1 fully saturated rings. The SMILES string of the molecule is COC(=O)N1CCC(c2nccnc2F)CC1. The number of hydrogen-bond acceptors (Lipinski definition) is 4. The van der Waals surface area contributed by atoms with E-state index < -0.39 is 5.95 Å². The van der Waals surface area contributed by atoms with E-state index in [0.29, 0.717) is 31.6 Å². The van der Waals surface area contributed by atoms with Crippen LogP contribution >= 0.6 is 0 Å². The standard InChI is InChI=1S/C11H14FN3O2/c1-17-11(16)15-6-2-8(3-7-15)9-10(12)14-5-4-13-9/h4-5,8H,2-3,6-7H2,1H3. The Hall–Kier alpha value is -1.72. The number of ether oxygens (including phenoxy) is 1. The number of likely N-dealkylation sites (tertiary alicyclic amines) is 1. The molecule has 0 N–H and O–H groups in total. The van der Waals surface area contributed by atoms with Gasteiger partial charge < -0.3 is 9.64 Å². The molecule has 0 aromatic carbocycles. The molecule has 0 saturated carbocycles. The summed E-state index contributed by atoms with van der Waals surface area (Å²) in [6.45, 7) is 1.13. The van der Waals surface area contributed by atoms with Crippen LogP contribution < -0.4 is 0 Å². The van der Waals surface area contributed by atoms with E-state index in [1.165, 1.54) is 19.5 Å². The highest BCUT2D eigenvalue weighted by Crippen LogP contribution is 2.27. The largest absolute Gasteiger partial charge is 0.453 e. The van der Waals surface area contributed by atoms with Gasteiger partial charge in [-0.25, -0.2) is 9.78 Å². The molecule has 5 nitrogen and oxygen atoms in total. The van der Waals surface area contributed by atoms with E-state index in [1.54, 1.807) is 4.90 Å². The van der Waals surface area contributed by atoms with Crippen LogP contribution in [0.5, 0.6) is 0 Å². The van der Waals surface area contributed by atoms with E-state index in [-0.39, 0.29) is 12.0 Å². The van der Waals surface area contributed by atoms with Crippen molar-refractivity contribution in [1.82, 2.24) is 14.9 Å². The van der Waals surface area contributed by atoms with Crippen LogP contribution in [-0.2, 0) is 4.74 Å². The van der Waals surface area contributed by atoms with Crippen LogP contribution in [-0.4, -0.2) is 41.2 Å². The van der Waals surface area contributed by atoms with Crippen molar-refractivity contribution in [2.45, 2.75) is 18.8 Å². The van der Waals surface area contributed by atoms with Crippen molar-refractivity contribution in [2.24, 2.45) is 0 Å². The summed E-state index contributed by atoms with van der Waals surface area (Å²) in [7, 11) is 1.36. The number of amides is 1. The number of methoxy groups -OCH3 is 1. The molecule has 1 amide bonds. The molecule has 17 heavy (non-hydrogen) atoms. The maximum absolute atomic E-state index is 13.4. The fraction of sp³-hybridized carbons (Fsp3) is 0.545. The number of nitrogens with zero attached hydrogens (tertiary/aromatic N) is 3. The van der Waals surface area contributed by atoms with Crippen LogP contribution in [0.1, 0.15) is 24.5 Å². The van der Waals surface area contributed by atoms with Crippen LogP contribution in [0.3, 0.4) is 0 Å². The zero-order chi connectivity index (χ0) is 12.3. The Bertz CT molecular complexity index is 405. The van der Waals surface area contributed by atoms with Crippen LogP contribution in [0.2, 0.25) is 0 Å². The van der Waals surface area contributed by atoms with E-state index in [9.17, 15) is 9.18 Å². The number of carbonyl (C=O) groups is 1. The summed E-state index contributed by atoms with van der Waals surface area (Å²) in [5.41, 5.74) is 0.400. The molecule has 2 heterocycles. The van der Waals surface area contributed by atoms with Gasteiger partial charge in [0.25, 0.3) is 0 Å². The van der Waals surface area contributed by atoms with Crippen molar-refractivity contribution in [3.05, 3.63) is 24.0 Å². The Labute approximate surface area is 98.6 Å². The van der Waals surface area contributed by atoms with Gasteiger partial charge in [-0.1, -0.05) is 0 Å². The van der Waals surface area contributed by atoms with Gasteiger partial charge in [0.1, 0.15) is 0 Å². The van der Waals surface area contributed by atoms with E-state index >= 15 is 0 Å². The third kappa shape index (κ3) is 2.51. The van der Waals surface area contributed by atoms with Gasteiger partial charge in [-0.05, 0) is 12.8 Å². The number of piperidine rings is 1. The number of hydrogen-bond donors (Lipinski definition) is 0. The van der Waals surface area contributed by atoms with Gasteiger partial charge >= 0.3 is 6.09 Å². The lowest BCUT2D eigenvalue weighted by Crippen LogP contribution is -2.38. The molecule has 6 heteroatoms. The third-order valence-electron chi connectivity index (χ3n) is 2.99. The quantitative estimate of drug-likeness (QED) is 0.746. The summed E-state index contributed by atoms with van der Waals surface area (Å²) >= 11 is 0.